The quantitative estimate of drug-likeness (QED) is 0.390. The first-order chi connectivity index (χ1) is 14.6. The number of nitrogens with zero attached hydrogens (tertiary/aromatic N) is 6. The first-order valence-corrected chi connectivity index (χ1v) is 9.32. The van der Waals surface area contributed by atoms with E-state index in [9.17, 15) is 4.39 Å². The van der Waals surface area contributed by atoms with E-state index in [1.165, 1.54) is 31.0 Å². The van der Waals surface area contributed by atoms with Crippen molar-refractivity contribution >= 4 is 51.3 Å². The topological polar surface area (TPSA) is 90.1 Å². The number of halogens is 3. The SMILES string of the molecule is Fc1cc(Oc2ccn3ncnc3c2)c(Cl)cc1Nc1ncnc2cnc(Cl)cc12. The van der Waals surface area contributed by atoms with Gasteiger partial charge in [0.15, 0.2) is 5.65 Å². The monoisotopic (exact) mass is 441 g/mol. The van der Waals surface area contributed by atoms with Crippen LogP contribution in [-0.4, -0.2) is 29.5 Å². The van der Waals surface area contributed by atoms with Crippen molar-refractivity contribution in [3.63, 3.8) is 0 Å². The first kappa shape index (κ1) is 18.5. The number of ether oxygens (including phenoxy) is 1. The second kappa shape index (κ2) is 7.36. The molecule has 1 N–H and O–H groups in total. The minimum atomic E-state index is -0.579. The molecule has 0 aliphatic heterocycles. The summed E-state index contributed by atoms with van der Waals surface area (Å²) in [5, 5.41) is 8.00. The molecular formula is C19H10Cl2FN7O. The molecule has 0 unspecified atom stereocenters. The summed E-state index contributed by atoms with van der Waals surface area (Å²) in [6.45, 7) is 0. The van der Waals surface area contributed by atoms with Gasteiger partial charge in [-0.1, -0.05) is 23.2 Å². The number of anilines is 2. The molecule has 0 spiro atoms. The van der Waals surface area contributed by atoms with E-state index in [0.29, 0.717) is 28.1 Å². The lowest BCUT2D eigenvalue weighted by molar-refractivity contribution is 0.477. The number of fused-ring (bicyclic) bond motifs is 2. The van der Waals surface area contributed by atoms with E-state index < -0.39 is 5.82 Å². The molecule has 5 rings (SSSR count). The van der Waals surface area contributed by atoms with Crippen molar-refractivity contribution in [2.75, 3.05) is 5.32 Å². The predicted molar refractivity (Wildman–Crippen MR) is 110 cm³/mol. The maximum Gasteiger partial charge on any atom is 0.158 e. The van der Waals surface area contributed by atoms with Crippen molar-refractivity contribution in [1.29, 1.82) is 0 Å². The van der Waals surface area contributed by atoms with Crippen LogP contribution in [0.1, 0.15) is 0 Å². The zero-order chi connectivity index (χ0) is 20.7. The van der Waals surface area contributed by atoms with Gasteiger partial charge in [0.1, 0.15) is 40.9 Å². The Kier molecular flexibility index (Phi) is 4.53. The Labute approximate surface area is 178 Å². The number of nitrogens with one attached hydrogen (secondary N) is 1. The molecule has 4 heterocycles. The van der Waals surface area contributed by atoms with E-state index in [1.54, 1.807) is 28.9 Å². The van der Waals surface area contributed by atoms with E-state index in [-0.39, 0.29) is 21.6 Å². The Morgan fingerprint density at radius 3 is 2.80 bits per heavy atom. The summed E-state index contributed by atoms with van der Waals surface area (Å²) in [6, 6.07) is 7.54. The van der Waals surface area contributed by atoms with E-state index in [2.05, 4.69) is 30.4 Å². The third kappa shape index (κ3) is 3.44. The van der Waals surface area contributed by atoms with Gasteiger partial charge in [0.05, 0.1) is 22.4 Å². The fourth-order valence-corrected chi connectivity index (χ4v) is 3.21. The van der Waals surface area contributed by atoms with E-state index >= 15 is 0 Å². The molecule has 30 heavy (non-hydrogen) atoms. The third-order valence-corrected chi connectivity index (χ3v) is 4.74. The molecule has 0 amide bonds. The smallest absolute Gasteiger partial charge is 0.158 e. The summed E-state index contributed by atoms with van der Waals surface area (Å²) in [7, 11) is 0. The van der Waals surface area contributed by atoms with Gasteiger partial charge in [-0.3, -0.25) is 0 Å². The fourth-order valence-electron chi connectivity index (χ4n) is 2.85. The van der Waals surface area contributed by atoms with E-state index in [1.807, 2.05) is 0 Å². The average molecular weight is 442 g/mol. The maximum atomic E-state index is 14.8. The number of benzene rings is 1. The lowest BCUT2D eigenvalue weighted by atomic mass is 10.2. The average Bonchev–Trinajstić information content (AvgIpc) is 3.20. The van der Waals surface area contributed by atoms with Crippen LogP contribution in [0.25, 0.3) is 16.6 Å². The fraction of sp³-hybridized carbons (Fsp3) is 0. The first-order valence-electron chi connectivity index (χ1n) is 8.56. The van der Waals surface area contributed by atoms with Crippen LogP contribution in [0.4, 0.5) is 15.9 Å². The van der Waals surface area contributed by atoms with Crippen molar-refractivity contribution in [3.8, 4) is 11.5 Å². The largest absolute Gasteiger partial charge is 0.455 e. The Morgan fingerprint density at radius 1 is 1.00 bits per heavy atom. The van der Waals surface area contributed by atoms with Crippen LogP contribution in [-0.2, 0) is 0 Å². The summed E-state index contributed by atoms with van der Waals surface area (Å²) in [4.78, 5) is 16.3. The maximum absolute atomic E-state index is 14.8. The third-order valence-electron chi connectivity index (χ3n) is 4.24. The van der Waals surface area contributed by atoms with Gasteiger partial charge in [0, 0.05) is 23.7 Å². The van der Waals surface area contributed by atoms with Crippen molar-refractivity contribution < 1.29 is 9.13 Å². The van der Waals surface area contributed by atoms with Crippen LogP contribution >= 0.6 is 23.2 Å². The van der Waals surface area contributed by atoms with Crippen molar-refractivity contribution in [2.45, 2.75) is 0 Å². The molecule has 5 aromatic rings. The van der Waals surface area contributed by atoms with Gasteiger partial charge in [-0.25, -0.2) is 28.8 Å². The van der Waals surface area contributed by atoms with Crippen LogP contribution in [0, 0.1) is 5.82 Å². The Bertz CT molecular complexity index is 1410. The van der Waals surface area contributed by atoms with Crippen LogP contribution in [0.5, 0.6) is 11.5 Å². The lowest BCUT2D eigenvalue weighted by Crippen LogP contribution is -1.99. The molecule has 0 aliphatic carbocycles. The van der Waals surface area contributed by atoms with Crippen LogP contribution in [0.3, 0.4) is 0 Å². The molecule has 0 atom stereocenters. The van der Waals surface area contributed by atoms with Crippen LogP contribution < -0.4 is 10.1 Å². The molecule has 1 aromatic carbocycles. The Morgan fingerprint density at radius 2 is 1.90 bits per heavy atom. The molecular weight excluding hydrogens is 432 g/mol. The normalized spacial score (nSPS) is 11.2. The molecule has 4 aromatic heterocycles. The van der Waals surface area contributed by atoms with Gasteiger partial charge in [0.2, 0.25) is 0 Å². The molecule has 0 aliphatic rings. The van der Waals surface area contributed by atoms with Crippen molar-refractivity contribution in [1.82, 2.24) is 29.5 Å². The lowest BCUT2D eigenvalue weighted by Gasteiger charge is -2.13. The summed E-state index contributed by atoms with van der Waals surface area (Å²) in [6.07, 6.45) is 5.96. The van der Waals surface area contributed by atoms with Gasteiger partial charge >= 0.3 is 0 Å². The summed E-state index contributed by atoms with van der Waals surface area (Å²) >= 11 is 12.3. The van der Waals surface area contributed by atoms with Gasteiger partial charge in [-0.15, -0.1) is 0 Å². The van der Waals surface area contributed by atoms with E-state index in [4.69, 9.17) is 27.9 Å². The molecule has 11 heteroatoms. The van der Waals surface area contributed by atoms with Crippen LogP contribution in [0.2, 0.25) is 10.2 Å². The molecule has 8 nitrogen and oxygen atoms in total. The second-order valence-electron chi connectivity index (χ2n) is 6.16. The summed E-state index contributed by atoms with van der Waals surface area (Å²) < 4.78 is 22.1. The number of rotatable bonds is 4. The standard InChI is InChI=1S/C19H10Cl2FN7O/c20-12-5-14(28-19-11-4-17(21)23-7-15(11)24-8-26-19)13(22)6-16(12)30-10-1-2-29-18(3-10)25-9-27-29/h1-9H,(H,24,26,28). The number of hydrogen-bond donors (Lipinski definition) is 1. The summed E-state index contributed by atoms with van der Waals surface area (Å²) in [5.41, 5.74) is 1.27. The minimum Gasteiger partial charge on any atom is -0.455 e. The summed E-state index contributed by atoms with van der Waals surface area (Å²) in [5.74, 6) is 0.389. The highest BCUT2D eigenvalue weighted by Crippen LogP contribution is 2.35. The van der Waals surface area contributed by atoms with E-state index in [0.717, 1.165) is 0 Å². The second-order valence-corrected chi connectivity index (χ2v) is 6.96. The Balaban J connectivity index is 1.46. The predicted octanol–water partition coefficient (Wildman–Crippen LogP) is 5.05. The van der Waals surface area contributed by atoms with Gasteiger partial charge in [-0.05, 0) is 18.2 Å². The van der Waals surface area contributed by atoms with Crippen LogP contribution in [0.15, 0.2) is 55.4 Å². The highest BCUT2D eigenvalue weighted by Gasteiger charge is 2.14. The molecule has 148 valence electrons. The molecule has 0 saturated heterocycles. The van der Waals surface area contributed by atoms with Gasteiger partial charge in [-0.2, -0.15) is 5.10 Å². The van der Waals surface area contributed by atoms with Crippen molar-refractivity contribution in [2.24, 2.45) is 0 Å². The minimum absolute atomic E-state index is 0.119. The zero-order valence-electron chi connectivity index (χ0n) is 14.9. The molecule has 0 saturated carbocycles. The number of aromatic nitrogens is 6. The van der Waals surface area contributed by atoms with Gasteiger partial charge in [0.25, 0.3) is 0 Å². The highest BCUT2D eigenvalue weighted by atomic mass is 35.5. The van der Waals surface area contributed by atoms with Crippen molar-refractivity contribution in [3.05, 3.63) is 71.4 Å². The highest BCUT2D eigenvalue weighted by molar-refractivity contribution is 6.32. The molecule has 0 bridgehead atoms. The number of pyridine rings is 2. The number of hydrogen-bond acceptors (Lipinski definition) is 7. The van der Waals surface area contributed by atoms with Gasteiger partial charge < -0.3 is 10.1 Å². The molecule has 0 fully saturated rings. The molecule has 0 radical (unpaired) electrons. The Hall–Kier alpha value is -3.56. The zero-order valence-corrected chi connectivity index (χ0v) is 16.4.